The van der Waals surface area contributed by atoms with Crippen LogP contribution in [0.2, 0.25) is 0 Å². The van der Waals surface area contributed by atoms with Gasteiger partial charge in [-0.05, 0) is 32.1 Å². The van der Waals surface area contributed by atoms with Gasteiger partial charge in [-0.2, -0.15) is 0 Å². The first-order valence-corrected chi connectivity index (χ1v) is 6.86. The summed E-state index contributed by atoms with van der Waals surface area (Å²) in [6.07, 6.45) is -2.74. The highest BCUT2D eigenvalue weighted by molar-refractivity contribution is 5.85. The van der Waals surface area contributed by atoms with E-state index in [1.807, 2.05) is 0 Å². The van der Waals surface area contributed by atoms with Crippen molar-refractivity contribution in [3.05, 3.63) is 11.8 Å². The van der Waals surface area contributed by atoms with E-state index in [1.54, 1.807) is 0 Å². The summed E-state index contributed by atoms with van der Waals surface area (Å²) in [7, 11) is 0. The molecule has 2 N–H and O–H groups in total. The Hall–Kier alpha value is -0.900. The van der Waals surface area contributed by atoms with E-state index < -0.39 is 18.1 Å². The smallest absolute Gasteiger partial charge is 0.419 e. The molecular weight excluding hydrogens is 327 g/mol. The Balaban J connectivity index is 0.00000176. The van der Waals surface area contributed by atoms with Crippen LogP contribution in [0.1, 0.15) is 50.0 Å². The van der Waals surface area contributed by atoms with Gasteiger partial charge in [-0.15, -0.1) is 35.8 Å². The summed E-state index contributed by atoms with van der Waals surface area (Å²) in [6, 6.07) is -0.0322. The first-order valence-electron chi connectivity index (χ1n) is 6.86. The number of rotatable bonds is 3. The second kappa shape index (κ2) is 6.31. The van der Waals surface area contributed by atoms with Crippen LogP contribution in [-0.2, 0) is 15.1 Å². The quantitative estimate of drug-likeness (QED) is 0.908. The standard InChI is InChI=1S/C12H16F3N3O3.ClH/c13-12(14,15)21-11(4-1-5-11)10-18-17-9(20-10)8-3-2-7(16)6-19-8;/h7-8H,1-6,16H2;1H/t7-,8+;/m1./s1. The molecule has 0 bridgehead atoms. The Bertz CT molecular complexity index is 499. The van der Waals surface area contributed by atoms with Crippen molar-refractivity contribution >= 4 is 12.4 Å². The van der Waals surface area contributed by atoms with Crippen LogP contribution in [-0.4, -0.2) is 29.2 Å². The van der Waals surface area contributed by atoms with Crippen molar-refractivity contribution in [1.29, 1.82) is 0 Å². The van der Waals surface area contributed by atoms with E-state index in [1.165, 1.54) is 0 Å². The maximum Gasteiger partial charge on any atom is 0.523 e. The van der Waals surface area contributed by atoms with Crippen molar-refractivity contribution in [1.82, 2.24) is 10.2 Å². The molecule has 0 spiro atoms. The lowest BCUT2D eigenvalue weighted by Crippen LogP contribution is -2.42. The van der Waals surface area contributed by atoms with E-state index in [0.717, 1.165) is 6.42 Å². The van der Waals surface area contributed by atoms with Gasteiger partial charge in [0.05, 0.1) is 6.61 Å². The largest absolute Gasteiger partial charge is 0.523 e. The van der Waals surface area contributed by atoms with Crippen molar-refractivity contribution in [3.63, 3.8) is 0 Å². The lowest BCUT2D eigenvalue weighted by molar-refractivity contribution is -0.387. The molecule has 2 fully saturated rings. The lowest BCUT2D eigenvalue weighted by Gasteiger charge is -2.38. The summed E-state index contributed by atoms with van der Waals surface area (Å²) in [5.41, 5.74) is 4.18. The Morgan fingerprint density at radius 2 is 1.95 bits per heavy atom. The minimum absolute atomic E-state index is 0. The van der Waals surface area contributed by atoms with Gasteiger partial charge in [0.1, 0.15) is 6.10 Å². The van der Waals surface area contributed by atoms with Gasteiger partial charge in [-0.25, -0.2) is 0 Å². The molecule has 6 nitrogen and oxygen atoms in total. The van der Waals surface area contributed by atoms with Crippen LogP contribution in [0.3, 0.4) is 0 Å². The second-order valence-electron chi connectivity index (χ2n) is 5.50. The number of halogens is 4. The SMILES string of the molecule is Cl.N[C@@H]1CC[C@@H](c2nnc(C3(OC(F)(F)F)CCC3)o2)OC1. The molecule has 2 aliphatic rings. The van der Waals surface area contributed by atoms with Crippen molar-refractivity contribution in [3.8, 4) is 0 Å². The van der Waals surface area contributed by atoms with E-state index >= 15 is 0 Å². The molecule has 1 aromatic heterocycles. The predicted molar refractivity (Wildman–Crippen MR) is 70.1 cm³/mol. The molecule has 1 aromatic rings. The van der Waals surface area contributed by atoms with Gasteiger partial charge in [0.15, 0.2) is 5.60 Å². The molecule has 0 aromatic carbocycles. The van der Waals surface area contributed by atoms with E-state index in [9.17, 15) is 13.2 Å². The van der Waals surface area contributed by atoms with Crippen molar-refractivity contribution < 1.29 is 27.1 Å². The molecule has 126 valence electrons. The van der Waals surface area contributed by atoms with Crippen LogP contribution in [0, 0.1) is 0 Å². The summed E-state index contributed by atoms with van der Waals surface area (Å²) in [5.74, 6) is 0.0634. The van der Waals surface area contributed by atoms with Crippen molar-refractivity contribution in [2.24, 2.45) is 5.73 Å². The zero-order valence-electron chi connectivity index (χ0n) is 11.6. The summed E-state index contributed by atoms with van der Waals surface area (Å²) in [6.45, 7) is 0.368. The normalized spacial score (nSPS) is 27.8. The van der Waals surface area contributed by atoms with Crippen LogP contribution in [0.15, 0.2) is 4.42 Å². The van der Waals surface area contributed by atoms with E-state index in [2.05, 4.69) is 14.9 Å². The van der Waals surface area contributed by atoms with E-state index in [-0.39, 0.29) is 43.1 Å². The number of nitrogens with two attached hydrogens (primary N) is 1. The fourth-order valence-corrected chi connectivity index (χ4v) is 2.59. The van der Waals surface area contributed by atoms with E-state index in [4.69, 9.17) is 14.9 Å². The summed E-state index contributed by atoms with van der Waals surface area (Å²) in [5, 5.41) is 7.55. The number of hydrogen-bond acceptors (Lipinski definition) is 6. The van der Waals surface area contributed by atoms with E-state index in [0.29, 0.717) is 19.4 Å². The highest BCUT2D eigenvalue weighted by atomic mass is 35.5. The van der Waals surface area contributed by atoms with Gasteiger partial charge in [-0.3, -0.25) is 4.74 Å². The van der Waals surface area contributed by atoms with Crippen LogP contribution < -0.4 is 5.73 Å². The molecular formula is C12H17ClF3N3O3. The Morgan fingerprint density at radius 3 is 2.45 bits per heavy atom. The molecule has 0 radical (unpaired) electrons. The molecule has 1 saturated carbocycles. The van der Waals surface area contributed by atoms with Gasteiger partial charge in [0.2, 0.25) is 11.8 Å². The van der Waals surface area contributed by atoms with Crippen molar-refractivity contribution in [2.75, 3.05) is 6.61 Å². The Morgan fingerprint density at radius 1 is 1.23 bits per heavy atom. The summed E-state index contributed by atoms with van der Waals surface area (Å²) < 4.78 is 52.6. The average Bonchev–Trinajstić information content (AvgIpc) is 2.83. The maximum atomic E-state index is 12.5. The molecule has 2 heterocycles. The first-order chi connectivity index (χ1) is 9.88. The molecule has 1 aliphatic heterocycles. The van der Waals surface area contributed by atoms with Gasteiger partial charge in [0.25, 0.3) is 0 Å². The molecule has 22 heavy (non-hydrogen) atoms. The fourth-order valence-electron chi connectivity index (χ4n) is 2.59. The minimum atomic E-state index is -4.73. The van der Waals surface area contributed by atoms with Gasteiger partial charge in [0, 0.05) is 6.04 Å². The molecule has 10 heteroatoms. The number of alkyl halides is 3. The number of hydrogen-bond donors (Lipinski definition) is 1. The van der Waals surface area contributed by atoms with Gasteiger partial charge < -0.3 is 14.9 Å². The predicted octanol–water partition coefficient (Wildman–Crippen LogP) is 2.59. The van der Waals surface area contributed by atoms with Gasteiger partial charge in [-0.1, -0.05) is 0 Å². The van der Waals surface area contributed by atoms with Gasteiger partial charge >= 0.3 is 6.36 Å². The third kappa shape index (κ3) is 3.53. The molecule has 2 atom stereocenters. The van der Waals surface area contributed by atoms with Crippen LogP contribution in [0.4, 0.5) is 13.2 Å². The molecule has 0 amide bonds. The topological polar surface area (TPSA) is 83.4 Å². The third-order valence-corrected chi connectivity index (χ3v) is 3.89. The number of aromatic nitrogens is 2. The molecule has 3 rings (SSSR count). The minimum Gasteiger partial charge on any atom is -0.419 e. The maximum absolute atomic E-state index is 12.5. The Labute approximate surface area is 130 Å². The Kier molecular flexibility index (Phi) is 5.00. The van der Waals surface area contributed by atoms with Crippen molar-refractivity contribution in [2.45, 2.75) is 56.2 Å². The molecule has 1 saturated heterocycles. The first kappa shape index (κ1) is 17.5. The zero-order valence-corrected chi connectivity index (χ0v) is 12.5. The van der Waals surface area contributed by atoms with Crippen LogP contribution in [0.25, 0.3) is 0 Å². The lowest BCUT2D eigenvalue weighted by atomic mass is 9.80. The highest BCUT2D eigenvalue weighted by Crippen LogP contribution is 2.48. The summed E-state index contributed by atoms with van der Waals surface area (Å²) in [4.78, 5) is 0. The molecule has 1 aliphatic carbocycles. The highest BCUT2D eigenvalue weighted by Gasteiger charge is 2.52. The third-order valence-electron chi connectivity index (χ3n) is 3.89. The zero-order chi connectivity index (χ0) is 15.1. The fraction of sp³-hybridized carbons (Fsp3) is 0.833. The number of nitrogens with zero attached hydrogens (tertiary/aromatic N) is 2. The summed E-state index contributed by atoms with van der Waals surface area (Å²) >= 11 is 0. The monoisotopic (exact) mass is 343 g/mol. The second-order valence-corrected chi connectivity index (χ2v) is 5.50. The van der Waals surface area contributed by atoms with Crippen LogP contribution >= 0.6 is 12.4 Å². The molecule has 0 unspecified atom stereocenters. The number of ether oxygens (including phenoxy) is 2. The van der Waals surface area contributed by atoms with Crippen LogP contribution in [0.5, 0.6) is 0 Å². The average molecular weight is 344 g/mol.